The molecule has 1 saturated carbocycles. The molecule has 0 radical (unpaired) electrons. The summed E-state index contributed by atoms with van der Waals surface area (Å²) in [6, 6.07) is 3.86. The summed E-state index contributed by atoms with van der Waals surface area (Å²) in [5.41, 5.74) is 0.232. The molecule has 5 heteroatoms. The molecule has 86 valence electrons. The molecule has 1 heterocycles. The van der Waals surface area contributed by atoms with Gasteiger partial charge in [0.05, 0.1) is 7.11 Å². The molecule has 5 nitrogen and oxygen atoms in total. The number of nitrogens with zero attached hydrogens (tertiary/aromatic N) is 2. The minimum Gasteiger partial charge on any atom is -0.464 e. The molecule has 1 aliphatic rings. The molecule has 0 unspecified atom stereocenters. The maximum absolute atomic E-state index is 11.1. The van der Waals surface area contributed by atoms with Gasteiger partial charge in [-0.2, -0.15) is 0 Å². The lowest BCUT2D eigenvalue weighted by Gasteiger charge is -2.33. The van der Waals surface area contributed by atoms with Gasteiger partial charge in [-0.05, 0) is 30.9 Å². The predicted molar refractivity (Wildman–Crippen MR) is 59.2 cm³/mol. The highest BCUT2D eigenvalue weighted by molar-refractivity contribution is 5.86. The minimum absolute atomic E-state index is 0.232. The molecule has 0 amide bonds. The van der Waals surface area contributed by atoms with E-state index < -0.39 is 5.97 Å². The zero-order valence-corrected chi connectivity index (χ0v) is 9.43. The summed E-state index contributed by atoms with van der Waals surface area (Å²) in [6.07, 6.45) is 2.33. The largest absolute Gasteiger partial charge is 0.464 e. The highest BCUT2D eigenvalue weighted by Crippen LogP contribution is 2.28. The lowest BCUT2D eigenvalue weighted by molar-refractivity contribution is 0.0593. The van der Waals surface area contributed by atoms with E-state index in [2.05, 4.69) is 27.2 Å². The standard InChI is InChI=1S/C11H15N3O2/c1-7-5-8(6-7)12-10-4-3-9(13-14-10)11(15)16-2/h3-4,7-8H,5-6H2,1-2H3,(H,12,14). The number of esters is 1. The van der Waals surface area contributed by atoms with Crippen molar-refractivity contribution in [3.05, 3.63) is 17.8 Å². The fourth-order valence-corrected chi connectivity index (χ4v) is 1.85. The number of anilines is 1. The van der Waals surface area contributed by atoms with Crippen LogP contribution in [0.5, 0.6) is 0 Å². The third kappa shape index (κ3) is 2.29. The molecule has 1 fully saturated rings. The van der Waals surface area contributed by atoms with Crippen LogP contribution in [0, 0.1) is 5.92 Å². The second-order valence-electron chi connectivity index (χ2n) is 4.21. The molecule has 1 aliphatic carbocycles. The lowest BCUT2D eigenvalue weighted by Crippen LogP contribution is -2.34. The Labute approximate surface area is 94.2 Å². The van der Waals surface area contributed by atoms with Crippen LogP contribution in [0.15, 0.2) is 12.1 Å². The van der Waals surface area contributed by atoms with Crippen LogP contribution in [0.2, 0.25) is 0 Å². The van der Waals surface area contributed by atoms with E-state index in [-0.39, 0.29) is 5.69 Å². The molecule has 1 aromatic rings. The van der Waals surface area contributed by atoms with Gasteiger partial charge in [-0.15, -0.1) is 10.2 Å². The molecule has 0 atom stereocenters. The molecule has 1 aromatic heterocycles. The summed E-state index contributed by atoms with van der Waals surface area (Å²) in [6.45, 7) is 2.23. The first-order valence-electron chi connectivity index (χ1n) is 5.37. The Hall–Kier alpha value is -1.65. The summed E-state index contributed by atoms with van der Waals surface area (Å²) in [7, 11) is 1.33. The molecule has 1 N–H and O–H groups in total. The number of aromatic nitrogens is 2. The van der Waals surface area contributed by atoms with E-state index in [1.54, 1.807) is 12.1 Å². The summed E-state index contributed by atoms with van der Waals surface area (Å²) in [5, 5.41) is 11.0. The summed E-state index contributed by atoms with van der Waals surface area (Å²) in [4.78, 5) is 11.1. The third-order valence-electron chi connectivity index (χ3n) is 2.78. The highest BCUT2D eigenvalue weighted by Gasteiger charge is 2.25. The summed E-state index contributed by atoms with van der Waals surface area (Å²) < 4.78 is 4.54. The number of hydrogen-bond acceptors (Lipinski definition) is 5. The zero-order chi connectivity index (χ0) is 11.5. The molecule has 0 bridgehead atoms. The number of carbonyl (C=O) groups excluding carboxylic acids is 1. The monoisotopic (exact) mass is 221 g/mol. The van der Waals surface area contributed by atoms with Crippen LogP contribution in [-0.2, 0) is 4.74 Å². The first-order chi connectivity index (χ1) is 7.69. The highest BCUT2D eigenvalue weighted by atomic mass is 16.5. The van der Waals surface area contributed by atoms with Gasteiger partial charge in [0.2, 0.25) is 0 Å². The molecule has 0 saturated heterocycles. The normalized spacial score (nSPS) is 23.4. The van der Waals surface area contributed by atoms with Gasteiger partial charge in [-0.1, -0.05) is 6.92 Å². The van der Waals surface area contributed by atoms with E-state index in [1.165, 1.54) is 20.0 Å². The Bertz CT molecular complexity index is 371. The van der Waals surface area contributed by atoms with Gasteiger partial charge >= 0.3 is 5.97 Å². The van der Waals surface area contributed by atoms with Gasteiger partial charge < -0.3 is 10.1 Å². The predicted octanol–water partition coefficient (Wildman–Crippen LogP) is 1.47. The first-order valence-corrected chi connectivity index (χ1v) is 5.37. The molecule has 0 aromatic carbocycles. The van der Waals surface area contributed by atoms with Crippen molar-refractivity contribution in [2.45, 2.75) is 25.8 Å². The Balaban J connectivity index is 1.94. The zero-order valence-electron chi connectivity index (χ0n) is 9.43. The second kappa shape index (κ2) is 4.47. The van der Waals surface area contributed by atoms with E-state index in [0.717, 1.165) is 5.92 Å². The Morgan fingerprint density at radius 3 is 2.69 bits per heavy atom. The van der Waals surface area contributed by atoms with Gasteiger partial charge in [0.15, 0.2) is 5.69 Å². The van der Waals surface area contributed by atoms with Gasteiger partial charge in [0.1, 0.15) is 5.82 Å². The smallest absolute Gasteiger partial charge is 0.358 e. The van der Waals surface area contributed by atoms with Crippen molar-refractivity contribution in [3.8, 4) is 0 Å². The van der Waals surface area contributed by atoms with Crippen molar-refractivity contribution >= 4 is 11.8 Å². The van der Waals surface area contributed by atoms with Crippen LogP contribution < -0.4 is 5.32 Å². The van der Waals surface area contributed by atoms with Crippen LogP contribution in [0.3, 0.4) is 0 Å². The maximum Gasteiger partial charge on any atom is 0.358 e. The number of rotatable bonds is 3. The number of hydrogen-bond donors (Lipinski definition) is 1. The molecule has 2 rings (SSSR count). The van der Waals surface area contributed by atoms with E-state index in [9.17, 15) is 4.79 Å². The van der Waals surface area contributed by atoms with E-state index in [0.29, 0.717) is 11.9 Å². The topological polar surface area (TPSA) is 64.1 Å². The number of methoxy groups -OCH3 is 1. The van der Waals surface area contributed by atoms with Crippen molar-refractivity contribution in [2.24, 2.45) is 5.92 Å². The van der Waals surface area contributed by atoms with E-state index >= 15 is 0 Å². The van der Waals surface area contributed by atoms with Crippen molar-refractivity contribution in [3.63, 3.8) is 0 Å². The molecular weight excluding hydrogens is 206 g/mol. The van der Waals surface area contributed by atoms with Crippen LogP contribution in [0.25, 0.3) is 0 Å². The van der Waals surface area contributed by atoms with Crippen molar-refractivity contribution in [1.82, 2.24) is 10.2 Å². The van der Waals surface area contributed by atoms with Gasteiger partial charge in [0, 0.05) is 6.04 Å². The fourth-order valence-electron chi connectivity index (χ4n) is 1.85. The van der Waals surface area contributed by atoms with Crippen LogP contribution in [0.4, 0.5) is 5.82 Å². The van der Waals surface area contributed by atoms with Gasteiger partial charge in [-0.3, -0.25) is 0 Å². The van der Waals surface area contributed by atoms with Crippen LogP contribution in [-0.4, -0.2) is 29.3 Å². The molecular formula is C11H15N3O2. The van der Waals surface area contributed by atoms with Crippen LogP contribution >= 0.6 is 0 Å². The Kier molecular flexibility index (Phi) is 3.03. The van der Waals surface area contributed by atoms with Gasteiger partial charge in [-0.25, -0.2) is 4.79 Å². The van der Waals surface area contributed by atoms with Gasteiger partial charge in [0.25, 0.3) is 0 Å². The molecule has 0 spiro atoms. The summed E-state index contributed by atoms with van der Waals surface area (Å²) in [5.74, 6) is 1.04. The van der Waals surface area contributed by atoms with Crippen LogP contribution in [0.1, 0.15) is 30.3 Å². The quantitative estimate of drug-likeness (QED) is 0.783. The SMILES string of the molecule is COC(=O)c1ccc(NC2CC(C)C2)nn1. The average molecular weight is 221 g/mol. The Morgan fingerprint density at radius 1 is 1.44 bits per heavy atom. The Morgan fingerprint density at radius 2 is 2.19 bits per heavy atom. The third-order valence-corrected chi connectivity index (χ3v) is 2.78. The van der Waals surface area contributed by atoms with Crippen molar-refractivity contribution in [2.75, 3.05) is 12.4 Å². The number of carbonyl (C=O) groups is 1. The van der Waals surface area contributed by atoms with E-state index in [1.807, 2.05) is 0 Å². The average Bonchev–Trinajstić information content (AvgIpc) is 2.27. The first kappa shape index (κ1) is 10.9. The molecule has 0 aliphatic heterocycles. The molecule has 16 heavy (non-hydrogen) atoms. The summed E-state index contributed by atoms with van der Waals surface area (Å²) >= 11 is 0. The number of nitrogens with one attached hydrogen (secondary N) is 1. The van der Waals surface area contributed by atoms with Crippen molar-refractivity contribution in [1.29, 1.82) is 0 Å². The number of ether oxygens (including phenoxy) is 1. The van der Waals surface area contributed by atoms with E-state index in [4.69, 9.17) is 0 Å². The maximum atomic E-state index is 11.1. The lowest BCUT2D eigenvalue weighted by atomic mass is 9.82. The minimum atomic E-state index is -0.462. The van der Waals surface area contributed by atoms with Crippen molar-refractivity contribution < 1.29 is 9.53 Å². The fraction of sp³-hybridized carbons (Fsp3) is 0.545. The second-order valence-corrected chi connectivity index (χ2v) is 4.21.